The van der Waals surface area contributed by atoms with Gasteiger partial charge in [0.25, 0.3) is 5.01 Å². The molecule has 0 amide bonds. The number of carbonyl (C=O) groups is 1. The molecule has 0 spiro atoms. The highest BCUT2D eigenvalue weighted by Gasteiger charge is 2.39. The number of benzene rings is 2. The first kappa shape index (κ1) is 41.3. The van der Waals surface area contributed by atoms with Gasteiger partial charge in [-0.1, -0.05) is 73.7 Å². The molecule has 12 heteroatoms. The van der Waals surface area contributed by atoms with E-state index < -0.39 is 5.97 Å². The van der Waals surface area contributed by atoms with E-state index in [1.165, 1.54) is 27.2 Å². The Bertz CT molecular complexity index is 1590. The van der Waals surface area contributed by atoms with Crippen LogP contribution in [0.15, 0.2) is 78.5 Å². The normalized spacial score (nSPS) is 14.8. The largest absolute Gasteiger partial charge is 0.481 e. The number of rotatable bonds is 27. The fraction of sp³-hybridized carbons (Fsp3) is 0.500. The Labute approximate surface area is 312 Å². The van der Waals surface area contributed by atoms with Crippen LogP contribution in [0.1, 0.15) is 30.8 Å². The lowest BCUT2D eigenvalue weighted by atomic mass is 9.84. The first-order chi connectivity index (χ1) is 25.4. The molecule has 284 valence electrons. The third-order valence-electron chi connectivity index (χ3n) is 8.45. The first-order valence-electron chi connectivity index (χ1n) is 17.9. The number of methoxy groups -OCH3 is 1. The summed E-state index contributed by atoms with van der Waals surface area (Å²) >= 11 is 1.76. The number of para-hydroxylation sites is 2. The Morgan fingerprint density at radius 3 is 2.04 bits per heavy atom. The van der Waals surface area contributed by atoms with Gasteiger partial charge in [-0.3, -0.25) is 4.79 Å². The highest BCUT2D eigenvalue weighted by Crippen LogP contribution is 2.47. The Morgan fingerprint density at radius 1 is 0.750 bits per heavy atom. The lowest BCUT2D eigenvalue weighted by molar-refractivity contribution is -0.670. The molecule has 0 bridgehead atoms. The SMILES string of the molecule is COCCOCCOCCOCCN1C(=CC=CC=Cc2sc3ccccc3[n+]2CCOCCOCCOCCC(=O)O)C(C)(C)c2ccccc21. The van der Waals surface area contributed by atoms with Gasteiger partial charge in [-0.25, -0.2) is 0 Å². The maximum absolute atomic E-state index is 10.5. The molecule has 4 rings (SSSR count). The highest BCUT2D eigenvalue weighted by molar-refractivity contribution is 7.18. The van der Waals surface area contributed by atoms with Gasteiger partial charge in [0.15, 0.2) is 6.54 Å². The van der Waals surface area contributed by atoms with Crippen molar-refractivity contribution in [1.29, 1.82) is 0 Å². The second-order valence-corrected chi connectivity index (χ2v) is 13.5. The van der Waals surface area contributed by atoms with Crippen LogP contribution in [0, 0.1) is 0 Å². The fourth-order valence-corrected chi connectivity index (χ4v) is 6.94. The summed E-state index contributed by atoms with van der Waals surface area (Å²) < 4.78 is 42.1. The Kier molecular flexibility index (Phi) is 18.5. The molecule has 0 radical (unpaired) electrons. The molecule has 2 heterocycles. The minimum Gasteiger partial charge on any atom is -0.481 e. The number of allylic oxidation sites excluding steroid dienone is 5. The minimum atomic E-state index is -0.867. The Balaban J connectivity index is 1.28. The standard InChI is InChI=1S/C40H54N2O9S/c1-40(2)33-11-7-8-12-34(33)41(18-21-47-26-29-51-32-31-49-24-23-45-3)37(40)15-5-4-6-16-38-42(35-13-9-10-14-36(35)52-38)19-22-48-27-30-50-28-25-46-20-17-39(43)44/h4-16H,17-32H2,1-3H3/p+1. The molecule has 2 aromatic carbocycles. The monoisotopic (exact) mass is 739 g/mol. The average Bonchev–Trinajstić information content (AvgIpc) is 3.59. The number of thiazole rings is 1. The van der Waals surface area contributed by atoms with E-state index in [1.807, 2.05) is 0 Å². The van der Waals surface area contributed by atoms with E-state index in [0.29, 0.717) is 85.8 Å². The summed E-state index contributed by atoms with van der Waals surface area (Å²) in [6.07, 6.45) is 10.7. The van der Waals surface area contributed by atoms with E-state index in [2.05, 4.69) is 102 Å². The van der Waals surface area contributed by atoms with Gasteiger partial charge in [-0.05, 0) is 23.8 Å². The van der Waals surface area contributed by atoms with E-state index in [9.17, 15) is 4.79 Å². The minimum absolute atomic E-state index is 0.00179. The van der Waals surface area contributed by atoms with E-state index >= 15 is 0 Å². The van der Waals surface area contributed by atoms with Gasteiger partial charge < -0.3 is 43.2 Å². The summed E-state index contributed by atoms with van der Waals surface area (Å²) in [6.45, 7) is 12.4. The maximum atomic E-state index is 10.5. The van der Waals surface area contributed by atoms with E-state index in [4.69, 9.17) is 38.3 Å². The quantitative estimate of drug-likeness (QED) is 0.0598. The molecule has 3 aromatic rings. The molecule has 1 aromatic heterocycles. The first-order valence-corrected chi connectivity index (χ1v) is 18.8. The second-order valence-electron chi connectivity index (χ2n) is 12.5. The zero-order valence-electron chi connectivity index (χ0n) is 30.8. The van der Waals surface area contributed by atoms with Crippen LogP contribution in [0.3, 0.4) is 0 Å². The molecule has 1 aliphatic rings. The van der Waals surface area contributed by atoms with Crippen LogP contribution in [0.4, 0.5) is 5.69 Å². The number of hydrogen-bond donors (Lipinski definition) is 1. The predicted molar refractivity (Wildman–Crippen MR) is 204 cm³/mol. The molecular formula is C40H55N2O9S+. The summed E-state index contributed by atoms with van der Waals surface area (Å²) in [5.41, 5.74) is 4.79. The topological polar surface area (TPSA) is 109 Å². The van der Waals surface area contributed by atoms with Crippen molar-refractivity contribution in [2.24, 2.45) is 0 Å². The number of ether oxygens (including phenoxy) is 7. The van der Waals surface area contributed by atoms with E-state index in [-0.39, 0.29) is 18.4 Å². The average molecular weight is 740 g/mol. The summed E-state index contributed by atoms with van der Waals surface area (Å²) in [5.74, 6) is -0.867. The van der Waals surface area contributed by atoms with Crippen LogP contribution in [-0.4, -0.2) is 111 Å². The van der Waals surface area contributed by atoms with Crippen LogP contribution in [0.25, 0.3) is 16.3 Å². The highest BCUT2D eigenvalue weighted by atomic mass is 32.1. The molecule has 0 saturated heterocycles. The van der Waals surface area contributed by atoms with Gasteiger partial charge in [0.2, 0.25) is 5.52 Å². The van der Waals surface area contributed by atoms with Crippen LogP contribution in [0.2, 0.25) is 0 Å². The molecule has 0 aliphatic carbocycles. The smallest absolute Gasteiger partial charge is 0.305 e. The zero-order valence-corrected chi connectivity index (χ0v) is 31.7. The maximum Gasteiger partial charge on any atom is 0.305 e. The molecule has 0 atom stereocenters. The Morgan fingerprint density at radius 2 is 1.35 bits per heavy atom. The van der Waals surface area contributed by atoms with Gasteiger partial charge in [0, 0.05) is 42.6 Å². The second kappa shape index (κ2) is 23.3. The van der Waals surface area contributed by atoms with Gasteiger partial charge in [-0.2, -0.15) is 4.57 Å². The molecule has 0 fully saturated rings. The van der Waals surface area contributed by atoms with Crippen molar-refractivity contribution >= 4 is 39.3 Å². The van der Waals surface area contributed by atoms with Gasteiger partial charge in [0.1, 0.15) is 11.3 Å². The number of hydrogen-bond acceptors (Lipinski definition) is 10. The van der Waals surface area contributed by atoms with Crippen molar-refractivity contribution in [2.75, 3.05) is 104 Å². The summed E-state index contributed by atoms with van der Waals surface area (Å²) in [5, 5.41) is 9.79. The van der Waals surface area contributed by atoms with Crippen molar-refractivity contribution in [3.8, 4) is 0 Å². The van der Waals surface area contributed by atoms with Crippen LogP contribution >= 0.6 is 11.3 Å². The molecule has 1 N–H and O–H groups in total. The number of fused-ring (bicyclic) bond motifs is 2. The van der Waals surface area contributed by atoms with Crippen molar-refractivity contribution in [3.05, 3.63) is 89.1 Å². The van der Waals surface area contributed by atoms with E-state index in [1.54, 1.807) is 18.4 Å². The number of aliphatic carboxylic acids is 1. The summed E-state index contributed by atoms with van der Waals surface area (Å²) in [4.78, 5) is 12.9. The molecule has 11 nitrogen and oxygen atoms in total. The molecular weight excluding hydrogens is 685 g/mol. The van der Waals surface area contributed by atoms with Crippen LogP contribution < -0.4 is 9.47 Å². The lowest BCUT2D eigenvalue weighted by Crippen LogP contribution is -2.37. The van der Waals surface area contributed by atoms with Gasteiger partial charge >= 0.3 is 5.97 Å². The molecule has 0 saturated carbocycles. The van der Waals surface area contributed by atoms with Crippen LogP contribution in [0.5, 0.6) is 0 Å². The Hall–Kier alpha value is -3.46. The third-order valence-corrected chi connectivity index (χ3v) is 9.58. The molecule has 52 heavy (non-hydrogen) atoms. The number of aromatic nitrogens is 1. The van der Waals surface area contributed by atoms with Gasteiger partial charge in [0.05, 0.1) is 85.7 Å². The summed E-state index contributed by atoms with van der Waals surface area (Å²) in [6, 6.07) is 17.0. The van der Waals surface area contributed by atoms with Crippen molar-refractivity contribution < 1.29 is 47.6 Å². The third kappa shape index (κ3) is 13.2. The van der Waals surface area contributed by atoms with Crippen molar-refractivity contribution in [2.45, 2.75) is 32.2 Å². The number of carboxylic acid groups (broad SMARTS) is 1. The number of carboxylic acids is 1. The van der Waals surface area contributed by atoms with Crippen molar-refractivity contribution in [1.82, 2.24) is 0 Å². The zero-order chi connectivity index (χ0) is 36.9. The lowest BCUT2D eigenvalue weighted by Gasteiger charge is -2.27. The summed E-state index contributed by atoms with van der Waals surface area (Å²) in [7, 11) is 1.66. The predicted octanol–water partition coefficient (Wildman–Crippen LogP) is 5.66. The van der Waals surface area contributed by atoms with Gasteiger partial charge in [-0.15, -0.1) is 0 Å². The van der Waals surface area contributed by atoms with Crippen molar-refractivity contribution in [3.63, 3.8) is 0 Å². The van der Waals surface area contributed by atoms with E-state index in [0.717, 1.165) is 11.6 Å². The fourth-order valence-electron chi connectivity index (χ4n) is 5.84. The molecule has 0 unspecified atom stereocenters. The number of nitrogens with zero attached hydrogens (tertiary/aromatic N) is 2. The molecule has 1 aliphatic heterocycles. The number of anilines is 1. The van der Waals surface area contributed by atoms with Crippen LogP contribution in [-0.2, 0) is 49.9 Å².